The molecule has 1 heterocycles. The van der Waals surface area contributed by atoms with Crippen LogP contribution in [-0.2, 0) is 14.3 Å². The summed E-state index contributed by atoms with van der Waals surface area (Å²) in [6.45, 7) is -1.29. The number of rotatable bonds is 8. The number of alkyl halides is 2. The molecule has 0 radical (unpaired) electrons. The molecule has 1 rings (SSSR count). The van der Waals surface area contributed by atoms with E-state index in [4.69, 9.17) is 5.73 Å². The van der Waals surface area contributed by atoms with Gasteiger partial charge in [0, 0.05) is 0 Å². The Hall–Kier alpha value is -2.63. The molecule has 1 aliphatic heterocycles. The number of aliphatic hydroxyl groups excluding tert-OH is 1. The lowest BCUT2D eigenvalue weighted by Crippen LogP contribution is -2.38. The number of nitrogens with zero attached hydrogens (tertiary/aromatic N) is 2. The van der Waals surface area contributed by atoms with E-state index in [2.05, 4.69) is 14.9 Å². The van der Waals surface area contributed by atoms with Crippen LogP contribution in [0.15, 0.2) is 23.0 Å². The van der Waals surface area contributed by atoms with Crippen LogP contribution in [0.5, 0.6) is 0 Å². The fraction of sp³-hybridized carbons (Fsp3) is 0.500. The van der Waals surface area contributed by atoms with Crippen molar-refractivity contribution in [2.45, 2.75) is 6.43 Å². The largest absolute Gasteiger partial charge is 0.479 e. The highest BCUT2D eigenvalue weighted by Crippen LogP contribution is 2.25. The van der Waals surface area contributed by atoms with E-state index in [1.165, 1.54) is 0 Å². The first kappa shape index (κ1) is 17.4. The maximum atomic E-state index is 11.9. The van der Waals surface area contributed by atoms with E-state index in [-0.39, 0.29) is 13.2 Å². The summed E-state index contributed by atoms with van der Waals surface area (Å²) in [5.41, 5.74) is 5.61. The Morgan fingerprint density at radius 3 is 2.68 bits per heavy atom. The Bertz CT molecular complexity index is 522. The molecule has 0 aromatic heterocycles. The molecule has 124 valence electrons. The standard InChI is InChI=1S/C10H14F2N4O6/c1-21-10(18)6-7(16(19)20)8(9(13)17)15(14-6)2-3-22-4-5(11)12/h5,14,18H,2-4H2,1H3,(H2,13,17). The van der Waals surface area contributed by atoms with Crippen LogP contribution < -0.4 is 11.2 Å². The molecule has 1 aliphatic rings. The number of nitrogens with two attached hydrogens (primary N) is 1. The molecule has 0 aromatic carbocycles. The number of ether oxygens (including phenoxy) is 2. The molecular formula is C10H14F2N4O6. The predicted molar refractivity (Wildman–Crippen MR) is 66.5 cm³/mol. The van der Waals surface area contributed by atoms with Crippen LogP contribution in [0.3, 0.4) is 0 Å². The van der Waals surface area contributed by atoms with Gasteiger partial charge in [0.25, 0.3) is 12.3 Å². The molecule has 0 unspecified atom stereocenters. The summed E-state index contributed by atoms with van der Waals surface area (Å²) in [7, 11) is 1.06. The lowest BCUT2D eigenvalue weighted by molar-refractivity contribution is -0.421. The Balaban J connectivity index is 3.00. The summed E-state index contributed by atoms with van der Waals surface area (Å²) in [5, 5.41) is 21.5. The predicted octanol–water partition coefficient (Wildman–Crippen LogP) is -0.565. The maximum absolute atomic E-state index is 11.9. The number of nitrogens with one attached hydrogen (secondary N) is 1. The molecule has 0 saturated heterocycles. The average Bonchev–Trinajstić information content (AvgIpc) is 2.82. The first-order valence-corrected chi connectivity index (χ1v) is 5.85. The van der Waals surface area contributed by atoms with Gasteiger partial charge in [-0.2, -0.15) is 0 Å². The van der Waals surface area contributed by atoms with E-state index in [0.717, 1.165) is 12.1 Å². The molecule has 4 N–H and O–H groups in total. The number of halogens is 2. The molecule has 0 spiro atoms. The summed E-state index contributed by atoms with van der Waals surface area (Å²) in [6, 6.07) is 0. The number of methoxy groups -OCH3 is 1. The van der Waals surface area contributed by atoms with E-state index in [9.17, 15) is 28.8 Å². The molecule has 0 aliphatic carbocycles. The van der Waals surface area contributed by atoms with Crippen LogP contribution in [0.1, 0.15) is 0 Å². The lowest BCUT2D eigenvalue weighted by atomic mass is 10.3. The molecule has 0 aromatic rings. The number of carbonyl (C=O) groups is 1. The van der Waals surface area contributed by atoms with Gasteiger partial charge in [-0.1, -0.05) is 0 Å². The molecule has 10 nitrogen and oxygen atoms in total. The van der Waals surface area contributed by atoms with Gasteiger partial charge < -0.3 is 20.3 Å². The Kier molecular flexibility index (Phi) is 5.86. The van der Waals surface area contributed by atoms with Crippen molar-refractivity contribution in [1.29, 1.82) is 0 Å². The van der Waals surface area contributed by atoms with E-state index < -0.39 is 46.9 Å². The van der Waals surface area contributed by atoms with Gasteiger partial charge in [-0.05, 0) is 0 Å². The highest BCUT2D eigenvalue weighted by Gasteiger charge is 2.41. The van der Waals surface area contributed by atoms with Crippen molar-refractivity contribution < 1.29 is 33.1 Å². The SMILES string of the molecule is COC(O)=C1NN(CCOCC(F)F)C(C(N)=O)=C1[N+](=O)[O-]. The third kappa shape index (κ3) is 3.94. The van der Waals surface area contributed by atoms with Crippen LogP contribution in [0.4, 0.5) is 8.78 Å². The maximum Gasteiger partial charge on any atom is 0.332 e. The lowest BCUT2D eigenvalue weighted by Gasteiger charge is -2.19. The first-order chi connectivity index (χ1) is 10.3. The van der Waals surface area contributed by atoms with Gasteiger partial charge in [-0.3, -0.25) is 25.3 Å². The fourth-order valence-electron chi connectivity index (χ4n) is 1.66. The van der Waals surface area contributed by atoms with Crippen LogP contribution in [0.25, 0.3) is 0 Å². The van der Waals surface area contributed by atoms with Crippen LogP contribution in [0.2, 0.25) is 0 Å². The van der Waals surface area contributed by atoms with Crippen molar-refractivity contribution in [3.63, 3.8) is 0 Å². The van der Waals surface area contributed by atoms with Crippen LogP contribution >= 0.6 is 0 Å². The van der Waals surface area contributed by atoms with Crippen molar-refractivity contribution in [3.8, 4) is 0 Å². The quantitative estimate of drug-likeness (QED) is 0.233. The monoisotopic (exact) mass is 324 g/mol. The van der Waals surface area contributed by atoms with E-state index in [1.54, 1.807) is 0 Å². The highest BCUT2D eigenvalue weighted by molar-refractivity contribution is 5.93. The minimum Gasteiger partial charge on any atom is -0.479 e. The van der Waals surface area contributed by atoms with Crippen molar-refractivity contribution in [3.05, 3.63) is 33.2 Å². The number of hydrogen-bond donors (Lipinski definition) is 3. The van der Waals surface area contributed by atoms with Gasteiger partial charge in [0.1, 0.15) is 6.61 Å². The third-order valence-corrected chi connectivity index (χ3v) is 2.50. The summed E-state index contributed by atoms with van der Waals surface area (Å²) >= 11 is 0. The summed E-state index contributed by atoms with van der Waals surface area (Å²) in [5.74, 6) is -1.98. The fourth-order valence-corrected chi connectivity index (χ4v) is 1.66. The van der Waals surface area contributed by atoms with Gasteiger partial charge in [0.15, 0.2) is 0 Å². The molecule has 22 heavy (non-hydrogen) atoms. The van der Waals surface area contributed by atoms with Gasteiger partial charge in [-0.15, -0.1) is 0 Å². The van der Waals surface area contributed by atoms with Gasteiger partial charge in [0.05, 0.1) is 25.2 Å². The van der Waals surface area contributed by atoms with Gasteiger partial charge >= 0.3 is 11.6 Å². The highest BCUT2D eigenvalue weighted by atomic mass is 19.3. The van der Waals surface area contributed by atoms with Crippen molar-refractivity contribution in [2.24, 2.45) is 5.73 Å². The number of primary amides is 1. The molecule has 0 saturated carbocycles. The van der Waals surface area contributed by atoms with Gasteiger partial charge in [-0.25, -0.2) is 8.78 Å². The number of hydrogen-bond acceptors (Lipinski definition) is 8. The van der Waals surface area contributed by atoms with Crippen molar-refractivity contribution in [1.82, 2.24) is 10.4 Å². The van der Waals surface area contributed by atoms with Crippen LogP contribution in [-0.4, -0.2) is 54.2 Å². The third-order valence-electron chi connectivity index (χ3n) is 2.50. The molecule has 0 bridgehead atoms. The number of nitro groups is 1. The second kappa shape index (κ2) is 7.40. The molecular weight excluding hydrogens is 310 g/mol. The summed E-state index contributed by atoms with van der Waals surface area (Å²) in [4.78, 5) is 21.5. The first-order valence-electron chi connectivity index (χ1n) is 5.85. The topological polar surface area (TPSA) is 140 Å². The second-order valence-corrected chi connectivity index (χ2v) is 3.93. The zero-order chi connectivity index (χ0) is 16.9. The number of amides is 1. The second-order valence-electron chi connectivity index (χ2n) is 3.93. The number of hydrazine groups is 1. The van der Waals surface area contributed by atoms with E-state index in [1.807, 2.05) is 0 Å². The number of carbonyl (C=O) groups excluding carboxylic acids is 1. The van der Waals surface area contributed by atoms with Gasteiger partial charge in [0.2, 0.25) is 11.4 Å². The zero-order valence-electron chi connectivity index (χ0n) is 11.4. The van der Waals surface area contributed by atoms with Crippen LogP contribution in [0, 0.1) is 10.1 Å². The van der Waals surface area contributed by atoms with Crippen molar-refractivity contribution in [2.75, 3.05) is 26.9 Å². The molecule has 0 fully saturated rings. The average molecular weight is 324 g/mol. The zero-order valence-corrected chi connectivity index (χ0v) is 11.4. The summed E-state index contributed by atoms with van der Waals surface area (Å²) in [6.07, 6.45) is -2.67. The normalized spacial score (nSPS) is 16.8. The Morgan fingerprint density at radius 1 is 1.59 bits per heavy atom. The van der Waals surface area contributed by atoms with E-state index in [0.29, 0.717) is 0 Å². The number of aliphatic hydroxyl groups is 1. The Labute approximate surface area is 122 Å². The Morgan fingerprint density at radius 2 is 2.23 bits per heavy atom. The molecule has 12 heteroatoms. The molecule has 1 amide bonds. The minimum atomic E-state index is -2.67. The molecule has 0 atom stereocenters. The summed E-state index contributed by atoms with van der Waals surface area (Å²) < 4.78 is 33.0. The van der Waals surface area contributed by atoms with E-state index >= 15 is 0 Å². The minimum absolute atomic E-state index is 0.206. The smallest absolute Gasteiger partial charge is 0.332 e. The van der Waals surface area contributed by atoms with Crippen molar-refractivity contribution >= 4 is 5.91 Å².